The number of thioether (sulfide) groups is 1. The molecule has 94 valence electrons. The lowest BCUT2D eigenvalue weighted by Gasteiger charge is -2.09. The fourth-order valence-electron chi connectivity index (χ4n) is 1.80. The first-order chi connectivity index (χ1) is 8.79. The van der Waals surface area contributed by atoms with Gasteiger partial charge in [-0.25, -0.2) is 0 Å². The number of nitrogens with two attached hydrogens (primary N) is 1. The highest BCUT2D eigenvalue weighted by Gasteiger charge is 2.23. The number of carbonyl (C=O) groups is 1. The van der Waals surface area contributed by atoms with Crippen molar-refractivity contribution in [2.24, 2.45) is 5.73 Å². The summed E-state index contributed by atoms with van der Waals surface area (Å²) in [6, 6.07) is 7.52. The first-order valence-corrected chi connectivity index (χ1v) is 7.06. The van der Waals surface area contributed by atoms with Crippen LogP contribution in [0.4, 0.5) is 5.69 Å². The molecular weight excluding hydrogens is 244 g/mol. The van der Waals surface area contributed by atoms with Gasteiger partial charge in [0.05, 0.1) is 11.8 Å². The number of anilines is 1. The van der Waals surface area contributed by atoms with Crippen LogP contribution in [-0.4, -0.2) is 23.5 Å². The molecule has 2 rings (SSSR count). The minimum absolute atomic E-state index is 0.110. The summed E-state index contributed by atoms with van der Waals surface area (Å²) < 4.78 is 0. The van der Waals surface area contributed by atoms with Crippen LogP contribution >= 0.6 is 11.8 Å². The van der Waals surface area contributed by atoms with Gasteiger partial charge in [0.1, 0.15) is 0 Å². The summed E-state index contributed by atoms with van der Waals surface area (Å²) in [5.74, 6) is 6.94. The van der Waals surface area contributed by atoms with Gasteiger partial charge in [0, 0.05) is 11.3 Å². The molecule has 1 amide bonds. The smallest absolute Gasteiger partial charge is 0.237 e. The van der Waals surface area contributed by atoms with Crippen molar-refractivity contribution in [1.29, 1.82) is 0 Å². The van der Waals surface area contributed by atoms with E-state index >= 15 is 0 Å². The summed E-state index contributed by atoms with van der Waals surface area (Å²) in [6.45, 7) is 0.359. The van der Waals surface area contributed by atoms with E-state index in [1.54, 1.807) is 11.8 Å². The lowest BCUT2D eigenvalue weighted by Crippen LogP contribution is -2.22. The number of hydrogen-bond donors (Lipinski definition) is 2. The number of carbonyl (C=O) groups excluding carboxylic acids is 1. The first-order valence-electron chi connectivity index (χ1n) is 6.01. The highest BCUT2D eigenvalue weighted by Crippen LogP contribution is 2.27. The molecule has 0 saturated carbocycles. The molecule has 1 unspecified atom stereocenters. The Morgan fingerprint density at radius 3 is 2.83 bits per heavy atom. The largest absolute Gasteiger partial charge is 0.325 e. The lowest BCUT2D eigenvalue weighted by molar-refractivity contribution is -0.115. The van der Waals surface area contributed by atoms with Crippen LogP contribution in [0.5, 0.6) is 0 Å². The zero-order valence-corrected chi connectivity index (χ0v) is 10.9. The van der Waals surface area contributed by atoms with Gasteiger partial charge in [-0.15, -0.1) is 11.8 Å². The number of nitrogens with one attached hydrogen (secondary N) is 1. The second-order valence-electron chi connectivity index (χ2n) is 4.07. The quantitative estimate of drug-likeness (QED) is 0.798. The van der Waals surface area contributed by atoms with E-state index < -0.39 is 0 Å². The van der Waals surface area contributed by atoms with Crippen LogP contribution in [0.15, 0.2) is 24.3 Å². The van der Waals surface area contributed by atoms with Gasteiger partial charge in [-0.05, 0) is 42.9 Å². The van der Waals surface area contributed by atoms with E-state index in [9.17, 15) is 4.79 Å². The average molecular weight is 260 g/mol. The molecule has 1 atom stereocenters. The zero-order chi connectivity index (χ0) is 12.8. The second-order valence-corrected chi connectivity index (χ2v) is 5.38. The third-order valence-corrected chi connectivity index (χ3v) is 4.09. The van der Waals surface area contributed by atoms with Gasteiger partial charge < -0.3 is 11.1 Å². The van der Waals surface area contributed by atoms with Gasteiger partial charge in [-0.2, -0.15) is 0 Å². The summed E-state index contributed by atoms with van der Waals surface area (Å²) in [5, 5.41) is 3.05. The SMILES string of the molecule is NCC#Cc1ccc(NC(=O)C2CCCS2)cc1. The Kier molecular flexibility index (Phi) is 4.68. The van der Waals surface area contributed by atoms with E-state index in [4.69, 9.17) is 5.73 Å². The Bertz CT molecular complexity index is 467. The molecular formula is C14H16N2OS. The van der Waals surface area contributed by atoms with E-state index in [1.807, 2.05) is 24.3 Å². The standard InChI is InChI=1S/C14H16N2OS/c15-9-1-3-11-5-7-12(8-6-11)16-14(17)13-4-2-10-18-13/h5-8,13H,2,4,9-10,15H2,(H,16,17). The zero-order valence-electron chi connectivity index (χ0n) is 10.1. The Hall–Kier alpha value is -1.44. The topological polar surface area (TPSA) is 55.1 Å². The Balaban J connectivity index is 1.95. The normalized spacial score (nSPS) is 17.9. The fourth-order valence-corrected chi connectivity index (χ4v) is 2.96. The highest BCUT2D eigenvalue weighted by molar-refractivity contribution is 8.00. The van der Waals surface area contributed by atoms with Crippen molar-refractivity contribution >= 4 is 23.4 Å². The van der Waals surface area contributed by atoms with Crippen molar-refractivity contribution in [3.05, 3.63) is 29.8 Å². The van der Waals surface area contributed by atoms with Gasteiger partial charge in [0.15, 0.2) is 0 Å². The predicted molar refractivity (Wildman–Crippen MR) is 76.5 cm³/mol. The molecule has 4 heteroatoms. The molecule has 0 radical (unpaired) electrons. The van der Waals surface area contributed by atoms with Crippen molar-refractivity contribution in [1.82, 2.24) is 0 Å². The molecule has 1 aliphatic rings. The number of amides is 1. The maximum absolute atomic E-state index is 11.9. The summed E-state index contributed by atoms with van der Waals surface area (Å²) in [6.07, 6.45) is 2.12. The third-order valence-electron chi connectivity index (χ3n) is 2.71. The molecule has 0 bridgehead atoms. The van der Waals surface area contributed by atoms with Crippen molar-refractivity contribution in [2.75, 3.05) is 17.6 Å². The third kappa shape index (κ3) is 3.52. The lowest BCUT2D eigenvalue weighted by atomic mass is 10.2. The Morgan fingerprint density at radius 2 is 2.22 bits per heavy atom. The molecule has 3 N–H and O–H groups in total. The Labute approximate surface area is 112 Å². The van der Waals surface area contributed by atoms with Crippen LogP contribution in [0.3, 0.4) is 0 Å². The molecule has 0 aromatic heterocycles. The van der Waals surface area contributed by atoms with Crippen LogP contribution in [-0.2, 0) is 4.79 Å². The van der Waals surface area contributed by atoms with Crippen molar-refractivity contribution in [3.63, 3.8) is 0 Å². The maximum Gasteiger partial charge on any atom is 0.237 e. The molecule has 3 nitrogen and oxygen atoms in total. The van der Waals surface area contributed by atoms with Gasteiger partial charge >= 0.3 is 0 Å². The summed E-state index contributed by atoms with van der Waals surface area (Å²) in [4.78, 5) is 11.9. The molecule has 0 aliphatic carbocycles. The molecule has 1 aromatic rings. The van der Waals surface area contributed by atoms with E-state index in [2.05, 4.69) is 17.2 Å². The van der Waals surface area contributed by atoms with Gasteiger partial charge in [-0.1, -0.05) is 11.8 Å². The van der Waals surface area contributed by atoms with E-state index in [0.29, 0.717) is 6.54 Å². The summed E-state index contributed by atoms with van der Waals surface area (Å²) in [7, 11) is 0. The van der Waals surface area contributed by atoms with Crippen LogP contribution in [0.1, 0.15) is 18.4 Å². The van der Waals surface area contributed by atoms with Crippen LogP contribution < -0.4 is 11.1 Å². The maximum atomic E-state index is 11.9. The highest BCUT2D eigenvalue weighted by atomic mass is 32.2. The minimum Gasteiger partial charge on any atom is -0.325 e. The molecule has 1 saturated heterocycles. The van der Waals surface area contributed by atoms with Crippen LogP contribution in [0.25, 0.3) is 0 Å². The van der Waals surface area contributed by atoms with Gasteiger partial charge in [-0.3, -0.25) is 4.79 Å². The fraction of sp³-hybridized carbons (Fsp3) is 0.357. The van der Waals surface area contributed by atoms with Crippen molar-refractivity contribution in [3.8, 4) is 11.8 Å². The average Bonchev–Trinajstić information content (AvgIpc) is 2.92. The minimum atomic E-state index is 0.110. The summed E-state index contributed by atoms with van der Waals surface area (Å²) >= 11 is 1.74. The molecule has 1 heterocycles. The van der Waals surface area contributed by atoms with Crippen molar-refractivity contribution < 1.29 is 4.79 Å². The molecule has 18 heavy (non-hydrogen) atoms. The second kappa shape index (κ2) is 6.48. The monoisotopic (exact) mass is 260 g/mol. The first kappa shape index (κ1) is 13.0. The van der Waals surface area contributed by atoms with Gasteiger partial charge in [0.2, 0.25) is 5.91 Å². The van der Waals surface area contributed by atoms with Crippen LogP contribution in [0.2, 0.25) is 0 Å². The molecule has 1 aromatic carbocycles. The number of rotatable bonds is 2. The number of benzene rings is 1. The van der Waals surface area contributed by atoms with E-state index in [0.717, 1.165) is 29.8 Å². The van der Waals surface area contributed by atoms with E-state index in [-0.39, 0.29) is 11.2 Å². The molecule has 1 aliphatic heterocycles. The van der Waals surface area contributed by atoms with Crippen molar-refractivity contribution in [2.45, 2.75) is 18.1 Å². The molecule has 1 fully saturated rings. The van der Waals surface area contributed by atoms with Crippen LogP contribution in [0, 0.1) is 11.8 Å². The van der Waals surface area contributed by atoms with E-state index in [1.165, 1.54) is 0 Å². The predicted octanol–water partition coefficient (Wildman–Crippen LogP) is 1.83. The summed E-state index contributed by atoms with van der Waals surface area (Å²) in [5.41, 5.74) is 7.04. The number of hydrogen-bond acceptors (Lipinski definition) is 3. The Morgan fingerprint density at radius 1 is 1.44 bits per heavy atom. The van der Waals surface area contributed by atoms with Gasteiger partial charge in [0.25, 0.3) is 0 Å². The molecule has 0 spiro atoms.